The largest absolute Gasteiger partial charge is 0.507 e. The Kier molecular flexibility index (Phi) is 7.28. The number of ketones is 1. The van der Waals surface area contributed by atoms with Crippen molar-refractivity contribution in [3.05, 3.63) is 64.5 Å². The molecule has 9 heteroatoms. The standard InChI is InChI=1S/C27H31N3O6/c1-5-36-27(34)29-12-9-18(10-13-29)30-22(20-8-6-7-11-28-20)21(24(32)26(30)33)23(31)19-15-16(2)14-17(3)25(19)35-4/h6-8,11,14-15,18,22,31H,5,9-10,12-13H2,1-4H3/b23-21+. The van der Waals surface area contributed by atoms with Crippen molar-refractivity contribution in [1.29, 1.82) is 0 Å². The minimum atomic E-state index is -0.865. The van der Waals surface area contributed by atoms with Gasteiger partial charge in [-0.1, -0.05) is 12.1 Å². The van der Waals surface area contributed by atoms with Gasteiger partial charge in [0, 0.05) is 25.3 Å². The summed E-state index contributed by atoms with van der Waals surface area (Å²) in [7, 11) is 1.50. The van der Waals surface area contributed by atoms with E-state index >= 15 is 0 Å². The van der Waals surface area contributed by atoms with Crippen molar-refractivity contribution < 1.29 is 29.0 Å². The molecule has 0 spiro atoms. The van der Waals surface area contributed by atoms with Crippen molar-refractivity contribution in [2.24, 2.45) is 0 Å². The average molecular weight is 494 g/mol. The molecule has 0 bridgehead atoms. The van der Waals surface area contributed by atoms with Gasteiger partial charge >= 0.3 is 6.09 Å². The fraction of sp³-hybridized carbons (Fsp3) is 0.407. The highest BCUT2D eigenvalue weighted by atomic mass is 16.6. The quantitative estimate of drug-likeness (QED) is 0.384. The van der Waals surface area contributed by atoms with Gasteiger partial charge in [-0.2, -0.15) is 0 Å². The van der Waals surface area contributed by atoms with E-state index in [2.05, 4.69) is 4.98 Å². The Morgan fingerprint density at radius 2 is 1.89 bits per heavy atom. The number of methoxy groups -OCH3 is 1. The van der Waals surface area contributed by atoms with Crippen molar-refractivity contribution >= 4 is 23.5 Å². The molecule has 1 atom stereocenters. The number of rotatable bonds is 5. The Labute approximate surface area is 210 Å². The molecule has 2 amide bonds. The highest BCUT2D eigenvalue weighted by molar-refractivity contribution is 6.46. The molecule has 2 aliphatic heterocycles. The first-order chi connectivity index (χ1) is 17.3. The van der Waals surface area contributed by atoms with Crippen LogP contribution in [0.3, 0.4) is 0 Å². The highest BCUT2D eigenvalue weighted by Crippen LogP contribution is 2.43. The number of pyridine rings is 1. The van der Waals surface area contributed by atoms with E-state index in [1.165, 1.54) is 12.0 Å². The van der Waals surface area contributed by atoms with Crippen LogP contribution in [0, 0.1) is 13.8 Å². The number of nitrogens with zero attached hydrogens (tertiary/aromatic N) is 3. The molecular formula is C27H31N3O6. The summed E-state index contributed by atoms with van der Waals surface area (Å²) in [6.07, 6.45) is 2.15. The van der Waals surface area contributed by atoms with Crippen LogP contribution in [0.15, 0.2) is 42.1 Å². The fourth-order valence-electron chi connectivity index (χ4n) is 5.14. The van der Waals surface area contributed by atoms with Crippen LogP contribution in [0.2, 0.25) is 0 Å². The van der Waals surface area contributed by atoms with E-state index in [0.717, 1.165) is 11.1 Å². The van der Waals surface area contributed by atoms with Gasteiger partial charge in [-0.05, 0) is 62.9 Å². The van der Waals surface area contributed by atoms with Crippen molar-refractivity contribution in [2.75, 3.05) is 26.8 Å². The maximum absolute atomic E-state index is 13.4. The predicted octanol–water partition coefficient (Wildman–Crippen LogP) is 3.75. The van der Waals surface area contributed by atoms with Gasteiger partial charge in [-0.3, -0.25) is 14.6 Å². The summed E-state index contributed by atoms with van der Waals surface area (Å²) in [5.74, 6) is -1.31. The Bertz CT molecular complexity index is 1200. The summed E-state index contributed by atoms with van der Waals surface area (Å²) in [6.45, 7) is 6.57. The number of carbonyl (C=O) groups is 3. The van der Waals surface area contributed by atoms with E-state index < -0.39 is 17.7 Å². The lowest BCUT2D eigenvalue weighted by atomic mass is 9.94. The van der Waals surface area contributed by atoms with Crippen LogP contribution in [0.5, 0.6) is 5.75 Å². The Morgan fingerprint density at radius 3 is 2.50 bits per heavy atom. The first-order valence-corrected chi connectivity index (χ1v) is 12.1. The number of carbonyl (C=O) groups excluding carboxylic acids is 3. The Balaban J connectivity index is 1.79. The summed E-state index contributed by atoms with van der Waals surface area (Å²) in [5.41, 5.74) is 2.49. The van der Waals surface area contributed by atoms with Crippen LogP contribution >= 0.6 is 0 Å². The topological polar surface area (TPSA) is 109 Å². The number of hydrogen-bond donors (Lipinski definition) is 1. The predicted molar refractivity (Wildman–Crippen MR) is 132 cm³/mol. The zero-order valence-corrected chi connectivity index (χ0v) is 21.0. The number of amides is 2. The van der Waals surface area contributed by atoms with Gasteiger partial charge in [-0.15, -0.1) is 0 Å². The number of aryl methyl sites for hydroxylation is 2. The lowest BCUT2D eigenvalue weighted by molar-refractivity contribution is -0.142. The Morgan fingerprint density at radius 1 is 1.17 bits per heavy atom. The molecule has 1 unspecified atom stereocenters. The van der Waals surface area contributed by atoms with E-state index in [0.29, 0.717) is 42.9 Å². The van der Waals surface area contributed by atoms with Crippen molar-refractivity contribution in [3.63, 3.8) is 0 Å². The van der Waals surface area contributed by atoms with E-state index in [4.69, 9.17) is 9.47 Å². The number of aromatic nitrogens is 1. The third-order valence-corrected chi connectivity index (χ3v) is 6.71. The third kappa shape index (κ3) is 4.53. The van der Waals surface area contributed by atoms with E-state index in [9.17, 15) is 19.5 Å². The molecule has 2 aromatic rings. The number of hydrogen-bond acceptors (Lipinski definition) is 7. The highest BCUT2D eigenvalue weighted by Gasteiger charge is 2.50. The number of aliphatic hydroxyl groups excluding tert-OH is 1. The van der Waals surface area contributed by atoms with Crippen molar-refractivity contribution in [1.82, 2.24) is 14.8 Å². The Hall–Kier alpha value is -3.88. The van der Waals surface area contributed by atoms with Gasteiger partial charge < -0.3 is 24.4 Å². The zero-order valence-electron chi connectivity index (χ0n) is 21.0. The van der Waals surface area contributed by atoms with Gasteiger partial charge in [-0.25, -0.2) is 4.79 Å². The zero-order chi connectivity index (χ0) is 26.0. The van der Waals surface area contributed by atoms with Gasteiger partial charge in [0.15, 0.2) is 0 Å². The lowest BCUT2D eigenvalue weighted by Gasteiger charge is -2.38. The molecule has 1 aromatic heterocycles. The van der Waals surface area contributed by atoms with E-state index in [1.807, 2.05) is 19.9 Å². The second-order valence-electron chi connectivity index (χ2n) is 9.04. The summed E-state index contributed by atoms with van der Waals surface area (Å²) in [6, 6.07) is 7.75. The molecule has 190 valence electrons. The minimum Gasteiger partial charge on any atom is -0.507 e. The van der Waals surface area contributed by atoms with E-state index in [-0.39, 0.29) is 30.1 Å². The number of likely N-dealkylation sites (tertiary alicyclic amines) is 2. The van der Waals surface area contributed by atoms with Gasteiger partial charge in [0.05, 0.1) is 30.5 Å². The molecule has 0 saturated carbocycles. The summed E-state index contributed by atoms with van der Waals surface area (Å²) >= 11 is 0. The molecule has 2 aliphatic rings. The first-order valence-electron chi connectivity index (χ1n) is 12.1. The van der Waals surface area contributed by atoms with Crippen LogP contribution < -0.4 is 4.74 Å². The number of Topliss-reactive ketones (excluding diaryl/α,β-unsaturated/α-hetero) is 1. The molecule has 9 nitrogen and oxygen atoms in total. The maximum atomic E-state index is 13.4. The van der Waals surface area contributed by atoms with Gasteiger partial charge in [0.2, 0.25) is 0 Å². The van der Waals surface area contributed by atoms with Crippen LogP contribution in [0.25, 0.3) is 5.76 Å². The molecule has 3 heterocycles. The molecule has 2 fully saturated rings. The number of benzene rings is 1. The second kappa shape index (κ2) is 10.4. The number of aliphatic hydroxyl groups is 1. The van der Waals surface area contributed by atoms with Gasteiger partial charge in [0.25, 0.3) is 11.7 Å². The number of piperidine rings is 1. The molecule has 4 rings (SSSR count). The third-order valence-electron chi connectivity index (χ3n) is 6.71. The van der Waals surface area contributed by atoms with Crippen LogP contribution in [0.1, 0.15) is 48.2 Å². The van der Waals surface area contributed by atoms with Crippen LogP contribution in [-0.4, -0.2) is 70.5 Å². The van der Waals surface area contributed by atoms with Crippen LogP contribution in [-0.2, 0) is 14.3 Å². The van der Waals surface area contributed by atoms with Crippen molar-refractivity contribution in [2.45, 2.75) is 45.7 Å². The summed E-state index contributed by atoms with van der Waals surface area (Å²) < 4.78 is 10.6. The molecule has 0 radical (unpaired) electrons. The second-order valence-corrected chi connectivity index (χ2v) is 9.04. The molecular weight excluding hydrogens is 462 g/mol. The van der Waals surface area contributed by atoms with Crippen LogP contribution in [0.4, 0.5) is 4.79 Å². The van der Waals surface area contributed by atoms with Crippen molar-refractivity contribution in [3.8, 4) is 5.75 Å². The molecule has 2 saturated heterocycles. The number of ether oxygens (including phenoxy) is 2. The maximum Gasteiger partial charge on any atom is 0.409 e. The minimum absolute atomic E-state index is 0.0187. The average Bonchev–Trinajstić information content (AvgIpc) is 3.14. The fourth-order valence-corrected chi connectivity index (χ4v) is 5.14. The molecule has 36 heavy (non-hydrogen) atoms. The normalized spacial score (nSPS) is 20.1. The first kappa shape index (κ1) is 25.2. The summed E-state index contributed by atoms with van der Waals surface area (Å²) in [4.78, 5) is 46.5. The lowest BCUT2D eigenvalue weighted by Crippen LogP contribution is -2.48. The molecule has 1 aromatic carbocycles. The molecule has 1 N–H and O–H groups in total. The molecule has 0 aliphatic carbocycles. The van der Waals surface area contributed by atoms with E-state index in [1.54, 1.807) is 42.3 Å². The summed E-state index contributed by atoms with van der Waals surface area (Å²) in [5, 5.41) is 11.5. The monoisotopic (exact) mass is 493 g/mol. The SMILES string of the molecule is CCOC(=O)N1CCC(N2C(=O)C(=O)/C(=C(/O)c3cc(C)cc(C)c3OC)C2c2ccccn2)CC1. The smallest absolute Gasteiger partial charge is 0.409 e. The van der Waals surface area contributed by atoms with Gasteiger partial charge in [0.1, 0.15) is 17.6 Å².